The molecule has 1 aliphatic rings. The maximum absolute atomic E-state index is 12.1. The van der Waals surface area contributed by atoms with E-state index in [0.717, 1.165) is 46.3 Å². The highest BCUT2D eigenvalue weighted by molar-refractivity contribution is 8.00. The molecular weight excluding hydrogens is 579 g/mol. The van der Waals surface area contributed by atoms with E-state index >= 15 is 0 Å². The first-order valence-corrected chi connectivity index (χ1v) is 16.4. The summed E-state index contributed by atoms with van der Waals surface area (Å²) in [6.45, 7) is 15.6. The van der Waals surface area contributed by atoms with Crippen molar-refractivity contribution in [1.82, 2.24) is 20.2 Å². The van der Waals surface area contributed by atoms with Crippen molar-refractivity contribution < 1.29 is 9.53 Å². The standard InChI is InChI=1S/C34H38N4O2S.C3H9N/c1-33(2,3)41-32-29-16-28(40-21-27-8-6-7-15-37-27)13-14-30(29)38(31(32)17-34(4,5)22-39)20-24-9-11-25(12-10-24)26-18-35-23-36-19-26;1-3-4-2/h6-16,18-19,22,35H,17,20-21,23H2,1-5H3;4H,3H2,1-2H3. The molecule has 0 bridgehead atoms. The Morgan fingerprint density at radius 3 is 2.42 bits per heavy atom. The summed E-state index contributed by atoms with van der Waals surface area (Å²) in [5, 5.41) is 7.25. The van der Waals surface area contributed by atoms with E-state index in [-0.39, 0.29) is 4.75 Å². The molecule has 7 nitrogen and oxygen atoms in total. The molecule has 0 atom stereocenters. The van der Waals surface area contributed by atoms with Gasteiger partial charge in [0, 0.05) is 68.8 Å². The largest absolute Gasteiger partial charge is 0.487 e. The van der Waals surface area contributed by atoms with Crippen molar-refractivity contribution in [2.75, 3.05) is 20.3 Å². The molecule has 2 aromatic carbocycles. The molecule has 0 saturated heterocycles. The number of aldehydes is 1. The van der Waals surface area contributed by atoms with E-state index in [0.29, 0.717) is 26.2 Å². The summed E-state index contributed by atoms with van der Waals surface area (Å²) >= 11 is 1.85. The Kier molecular flexibility index (Phi) is 11.6. The number of benzene rings is 2. The summed E-state index contributed by atoms with van der Waals surface area (Å²) < 4.78 is 8.55. The zero-order valence-electron chi connectivity index (χ0n) is 27.7. The molecule has 8 heteroatoms. The minimum atomic E-state index is -0.499. The van der Waals surface area contributed by atoms with Crippen LogP contribution in [0.5, 0.6) is 5.75 Å². The van der Waals surface area contributed by atoms with Gasteiger partial charge in [-0.05, 0) is 55.1 Å². The summed E-state index contributed by atoms with van der Waals surface area (Å²) in [5.41, 5.74) is 6.09. The number of thioether (sulfide) groups is 1. The molecule has 45 heavy (non-hydrogen) atoms. The van der Waals surface area contributed by atoms with Crippen molar-refractivity contribution in [2.24, 2.45) is 10.4 Å². The molecule has 1 aliphatic heterocycles. The van der Waals surface area contributed by atoms with E-state index in [1.54, 1.807) is 6.20 Å². The minimum Gasteiger partial charge on any atom is -0.487 e. The van der Waals surface area contributed by atoms with Crippen molar-refractivity contribution in [2.45, 2.75) is 70.8 Å². The molecule has 2 N–H and O–H groups in total. The molecule has 0 saturated carbocycles. The first-order chi connectivity index (χ1) is 21.5. The van der Waals surface area contributed by atoms with Crippen molar-refractivity contribution in [3.63, 3.8) is 0 Å². The van der Waals surface area contributed by atoms with Crippen LogP contribution in [0.2, 0.25) is 0 Å². The third kappa shape index (κ3) is 9.55. The first kappa shape index (κ1) is 34.0. The highest BCUT2D eigenvalue weighted by atomic mass is 32.2. The number of ether oxygens (including phenoxy) is 1. The Labute approximate surface area is 272 Å². The molecule has 2 aromatic heterocycles. The molecule has 238 valence electrons. The summed E-state index contributed by atoms with van der Waals surface area (Å²) in [6.07, 6.45) is 7.41. The number of rotatable bonds is 11. The second-order valence-electron chi connectivity index (χ2n) is 12.8. The van der Waals surface area contributed by atoms with Crippen LogP contribution in [0.25, 0.3) is 16.5 Å². The first-order valence-electron chi connectivity index (χ1n) is 15.5. The molecule has 0 unspecified atom stereocenters. The van der Waals surface area contributed by atoms with Crippen LogP contribution in [0, 0.1) is 5.41 Å². The number of pyridine rings is 1. The van der Waals surface area contributed by atoms with Crippen molar-refractivity contribution in [1.29, 1.82) is 0 Å². The number of aromatic nitrogens is 2. The van der Waals surface area contributed by atoms with Gasteiger partial charge in [-0.2, -0.15) is 0 Å². The molecule has 5 rings (SSSR count). The molecule has 0 radical (unpaired) electrons. The molecule has 0 amide bonds. The van der Waals surface area contributed by atoms with Gasteiger partial charge in [0.2, 0.25) is 0 Å². The van der Waals surface area contributed by atoms with Gasteiger partial charge < -0.3 is 24.7 Å². The molecular formula is C37H47N5O2S. The highest BCUT2D eigenvalue weighted by Gasteiger charge is 2.28. The number of carbonyl (C=O) groups is 1. The lowest BCUT2D eigenvalue weighted by Crippen LogP contribution is -2.20. The molecule has 3 heterocycles. The average Bonchev–Trinajstić information content (AvgIpc) is 3.30. The SMILES string of the molecule is CC(C)(C=O)Cc1c(SC(C)(C)C)c2cc(OCc3ccccn3)ccc2n1Cc1ccc(C2=CNCN=C2)cc1.CCNC. The smallest absolute Gasteiger partial charge is 0.130 e. The topological polar surface area (TPSA) is 80.5 Å². The van der Waals surface area contributed by atoms with E-state index in [2.05, 4.69) is 89.3 Å². The zero-order valence-corrected chi connectivity index (χ0v) is 28.5. The third-order valence-electron chi connectivity index (χ3n) is 7.21. The van der Waals surface area contributed by atoms with Crippen LogP contribution in [-0.2, 0) is 24.4 Å². The van der Waals surface area contributed by atoms with Gasteiger partial charge in [-0.3, -0.25) is 9.98 Å². The number of hydrogen-bond acceptors (Lipinski definition) is 7. The number of allylic oxidation sites excluding steroid dienone is 1. The highest BCUT2D eigenvalue weighted by Crippen LogP contribution is 2.44. The fourth-order valence-electron chi connectivity index (χ4n) is 4.87. The minimum absolute atomic E-state index is 0.0189. The van der Waals surface area contributed by atoms with Crippen molar-refractivity contribution >= 4 is 40.7 Å². The summed E-state index contributed by atoms with van der Waals surface area (Å²) in [6, 6.07) is 20.8. The predicted octanol–water partition coefficient (Wildman–Crippen LogP) is 7.52. The van der Waals surface area contributed by atoms with Gasteiger partial charge in [0.15, 0.2) is 0 Å². The maximum atomic E-state index is 12.1. The fourth-order valence-corrected chi connectivity index (χ4v) is 6.05. The number of fused-ring (bicyclic) bond motifs is 1. The Morgan fingerprint density at radius 1 is 1.07 bits per heavy atom. The molecule has 0 aliphatic carbocycles. The Balaban J connectivity index is 0.00000109. The number of hydrogen-bond donors (Lipinski definition) is 2. The van der Waals surface area contributed by atoms with Crippen molar-refractivity contribution in [3.8, 4) is 5.75 Å². The Hall–Kier alpha value is -3.88. The van der Waals surface area contributed by atoms with Crippen LogP contribution in [0.1, 0.15) is 64.1 Å². The number of carbonyl (C=O) groups excluding carboxylic acids is 1. The summed E-state index contributed by atoms with van der Waals surface area (Å²) in [4.78, 5) is 22.0. The monoisotopic (exact) mass is 625 g/mol. The van der Waals surface area contributed by atoms with Crippen LogP contribution in [0.15, 0.2) is 82.9 Å². The number of nitrogens with zero attached hydrogens (tertiary/aromatic N) is 3. The van der Waals surface area contributed by atoms with E-state index in [1.807, 2.05) is 69.3 Å². The number of nitrogens with one attached hydrogen (secondary N) is 2. The van der Waals surface area contributed by atoms with E-state index in [9.17, 15) is 4.79 Å². The van der Waals surface area contributed by atoms with Crippen LogP contribution in [0.3, 0.4) is 0 Å². The predicted molar refractivity (Wildman–Crippen MR) is 189 cm³/mol. The Morgan fingerprint density at radius 2 is 1.82 bits per heavy atom. The second-order valence-corrected chi connectivity index (χ2v) is 14.7. The third-order valence-corrected chi connectivity index (χ3v) is 8.48. The van der Waals surface area contributed by atoms with Gasteiger partial charge in [-0.25, -0.2) is 0 Å². The molecule has 4 aromatic rings. The quantitative estimate of drug-likeness (QED) is 0.133. The summed E-state index contributed by atoms with van der Waals surface area (Å²) in [7, 11) is 1.93. The van der Waals surface area contributed by atoms with Gasteiger partial charge in [-0.1, -0.05) is 71.9 Å². The fraction of sp³-hybridized carbons (Fsp3) is 0.378. The lowest BCUT2D eigenvalue weighted by atomic mass is 9.89. The van der Waals surface area contributed by atoms with Gasteiger partial charge >= 0.3 is 0 Å². The lowest BCUT2D eigenvalue weighted by molar-refractivity contribution is -0.114. The number of aliphatic imine (C=N–C) groups is 1. The normalized spacial score (nSPS) is 13.1. The maximum Gasteiger partial charge on any atom is 0.130 e. The Bertz CT molecular complexity index is 1610. The van der Waals surface area contributed by atoms with Gasteiger partial charge in [-0.15, -0.1) is 11.8 Å². The second kappa shape index (κ2) is 15.4. The molecule has 0 fully saturated rings. The average molecular weight is 626 g/mol. The lowest BCUT2D eigenvalue weighted by Gasteiger charge is -2.23. The van der Waals surface area contributed by atoms with E-state index in [4.69, 9.17) is 4.74 Å². The molecule has 0 spiro atoms. The van der Waals surface area contributed by atoms with Crippen LogP contribution < -0.4 is 15.4 Å². The van der Waals surface area contributed by atoms with Crippen LogP contribution in [0.4, 0.5) is 0 Å². The van der Waals surface area contributed by atoms with E-state index in [1.165, 1.54) is 16.2 Å². The van der Waals surface area contributed by atoms with Gasteiger partial charge in [0.25, 0.3) is 0 Å². The van der Waals surface area contributed by atoms with Crippen LogP contribution >= 0.6 is 11.8 Å². The van der Waals surface area contributed by atoms with Crippen molar-refractivity contribution in [3.05, 3.63) is 95.6 Å². The summed E-state index contributed by atoms with van der Waals surface area (Å²) in [5.74, 6) is 0.803. The van der Waals surface area contributed by atoms with Gasteiger partial charge in [0.05, 0.1) is 5.69 Å². The zero-order chi connectivity index (χ0) is 32.5. The van der Waals surface area contributed by atoms with Gasteiger partial charge in [0.1, 0.15) is 25.3 Å². The van der Waals surface area contributed by atoms with Crippen LogP contribution in [-0.4, -0.2) is 47.1 Å². The van der Waals surface area contributed by atoms with E-state index < -0.39 is 5.41 Å².